The number of aryl methyl sites for hydroxylation is 1. The molecule has 21 heavy (non-hydrogen) atoms. The number of thioether (sulfide) groups is 1. The van der Waals surface area contributed by atoms with Crippen molar-refractivity contribution in [2.24, 2.45) is 0 Å². The fourth-order valence-electron chi connectivity index (χ4n) is 2.38. The highest BCUT2D eigenvalue weighted by atomic mass is 32.2. The lowest BCUT2D eigenvalue weighted by molar-refractivity contribution is 0.564. The standard InChI is InChI=1S/C16H18N4S/c1-2-10-20-16(17-18-19-20)12-21-11-14-8-5-7-13-6-3-4-9-15(13)14/h3-9H,2,10-12H2,1H3. The monoisotopic (exact) mass is 298 g/mol. The zero-order chi connectivity index (χ0) is 14.5. The van der Waals surface area contributed by atoms with Crippen molar-refractivity contribution >= 4 is 22.5 Å². The zero-order valence-electron chi connectivity index (χ0n) is 12.1. The Hall–Kier alpha value is -1.88. The normalized spacial score (nSPS) is 11.1. The maximum atomic E-state index is 4.11. The number of tetrazole rings is 1. The van der Waals surface area contributed by atoms with Crippen LogP contribution in [0.15, 0.2) is 42.5 Å². The van der Waals surface area contributed by atoms with Gasteiger partial charge in [0.15, 0.2) is 5.82 Å². The van der Waals surface area contributed by atoms with Gasteiger partial charge in [-0.3, -0.25) is 0 Å². The fourth-order valence-corrected chi connectivity index (χ4v) is 3.35. The van der Waals surface area contributed by atoms with Crippen molar-refractivity contribution < 1.29 is 0 Å². The molecule has 0 spiro atoms. The number of rotatable bonds is 6. The number of aromatic nitrogens is 4. The quantitative estimate of drug-likeness (QED) is 0.696. The summed E-state index contributed by atoms with van der Waals surface area (Å²) in [5, 5.41) is 14.5. The summed E-state index contributed by atoms with van der Waals surface area (Å²) in [5.41, 5.74) is 1.37. The van der Waals surface area contributed by atoms with Crippen molar-refractivity contribution in [2.75, 3.05) is 0 Å². The van der Waals surface area contributed by atoms with Crippen molar-refractivity contribution in [1.82, 2.24) is 20.2 Å². The van der Waals surface area contributed by atoms with Crippen LogP contribution in [0.5, 0.6) is 0 Å². The van der Waals surface area contributed by atoms with Crippen molar-refractivity contribution in [2.45, 2.75) is 31.4 Å². The maximum absolute atomic E-state index is 4.11. The van der Waals surface area contributed by atoms with E-state index < -0.39 is 0 Å². The second-order valence-electron chi connectivity index (χ2n) is 4.95. The highest BCUT2D eigenvalue weighted by molar-refractivity contribution is 7.97. The first kappa shape index (κ1) is 14.1. The molecule has 0 aliphatic carbocycles. The van der Waals surface area contributed by atoms with Crippen LogP contribution in [-0.2, 0) is 18.1 Å². The minimum absolute atomic E-state index is 0.843. The van der Waals surface area contributed by atoms with Gasteiger partial charge in [0.05, 0.1) is 5.75 Å². The Bertz CT molecular complexity index is 718. The van der Waals surface area contributed by atoms with E-state index in [4.69, 9.17) is 0 Å². The molecular weight excluding hydrogens is 280 g/mol. The summed E-state index contributed by atoms with van der Waals surface area (Å²) in [7, 11) is 0. The van der Waals surface area contributed by atoms with E-state index in [0.717, 1.165) is 30.3 Å². The van der Waals surface area contributed by atoms with Gasteiger partial charge in [0.2, 0.25) is 0 Å². The molecule has 2 aromatic carbocycles. The van der Waals surface area contributed by atoms with Gasteiger partial charge in [0.1, 0.15) is 0 Å². The van der Waals surface area contributed by atoms with Gasteiger partial charge in [-0.2, -0.15) is 0 Å². The topological polar surface area (TPSA) is 43.6 Å². The third-order valence-electron chi connectivity index (χ3n) is 3.41. The number of benzene rings is 2. The van der Waals surface area contributed by atoms with E-state index in [1.165, 1.54) is 16.3 Å². The van der Waals surface area contributed by atoms with Crippen LogP contribution in [0.3, 0.4) is 0 Å². The molecule has 5 heteroatoms. The summed E-state index contributed by atoms with van der Waals surface area (Å²) in [6.45, 7) is 3.02. The molecule has 0 bridgehead atoms. The van der Waals surface area contributed by atoms with Gasteiger partial charge < -0.3 is 0 Å². The highest BCUT2D eigenvalue weighted by Gasteiger charge is 2.06. The molecule has 0 N–H and O–H groups in total. The van der Waals surface area contributed by atoms with Gasteiger partial charge in [0.25, 0.3) is 0 Å². The zero-order valence-corrected chi connectivity index (χ0v) is 12.9. The van der Waals surface area contributed by atoms with Crippen molar-refractivity contribution in [3.05, 3.63) is 53.9 Å². The minimum atomic E-state index is 0.843. The highest BCUT2D eigenvalue weighted by Crippen LogP contribution is 2.24. The Morgan fingerprint density at radius 1 is 1.05 bits per heavy atom. The van der Waals surface area contributed by atoms with Crippen LogP contribution in [-0.4, -0.2) is 20.2 Å². The van der Waals surface area contributed by atoms with Crippen molar-refractivity contribution in [3.63, 3.8) is 0 Å². The smallest absolute Gasteiger partial charge is 0.161 e. The molecule has 0 unspecified atom stereocenters. The lowest BCUT2D eigenvalue weighted by Crippen LogP contribution is -2.04. The lowest BCUT2D eigenvalue weighted by atomic mass is 10.1. The molecule has 0 aliphatic rings. The molecule has 0 fully saturated rings. The summed E-state index contributed by atoms with van der Waals surface area (Å²) in [6.07, 6.45) is 1.05. The molecule has 4 nitrogen and oxygen atoms in total. The summed E-state index contributed by atoms with van der Waals surface area (Å²) in [5.74, 6) is 2.78. The Morgan fingerprint density at radius 2 is 1.90 bits per heavy atom. The van der Waals surface area contributed by atoms with Gasteiger partial charge in [0, 0.05) is 12.3 Å². The molecule has 1 heterocycles. The summed E-state index contributed by atoms with van der Waals surface area (Å²) in [6, 6.07) is 15.0. The van der Waals surface area contributed by atoms with Crippen molar-refractivity contribution in [1.29, 1.82) is 0 Å². The van der Waals surface area contributed by atoms with Crippen LogP contribution in [0.2, 0.25) is 0 Å². The van der Waals surface area contributed by atoms with Gasteiger partial charge in [-0.05, 0) is 33.2 Å². The first-order valence-electron chi connectivity index (χ1n) is 7.18. The van der Waals surface area contributed by atoms with Gasteiger partial charge in [-0.1, -0.05) is 49.4 Å². The lowest BCUT2D eigenvalue weighted by Gasteiger charge is -2.06. The van der Waals surface area contributed by atoms with Crippen molar-refractivity contribution in [3.8, 4) is 0 Å². The molecule has 0 aliphatic heterocycles. The second kappa shape index (κ2) is 6.72. The summed E-state index contributed by atoms with van der Waals surface area (Å²) < 4.78 is 1.90. The predicted octanol–water partition coefficient (Wildman–Crippen LogP) is 3.67. The predicted molar refractivity (Wildman–Crippen MR) is 87.1 cm³/mol. The maximum Gasteiger partial charge on any atom is 0.161 e. The second-order valence-corrected chi connectivity index (χ2v) is 5.93. The molecule has 0 saturated heterocycles. The van der Waals surface area contributed by atoms with E-state index >= 15 is 0 Å². The van der Waals surface area contributed by atoms with Crippen LogP contribution in [0, 0.1) is 0 Å². The van der Waals surface area contributed by atoms with Gasteiger partial charge in [-0.15, -0.1) is 16.9 Å². The molecule has 0 saturated carbocycles. The third-order valence-corrected chi connectivity index (χ3v) is 4.39. The molecule has 0 atom stereocenters. The minimum Gasteiger partial charge on any atom is -0.229 e. The summed E-state index contributed by atoms with van der Waals surface area (Å²) in [4.78, 5) is 0. The van der Waals surface area contributed by atoms with Crippen LogP contribution in [0.1, 0.15) is 24.7 Å². The average Bonchev–Trinajstić information content (AvgIpc) is 2.95. The van der Waals surface area contributed by atoms with Gasteiger partial charge >= 0.3 is 0 Å². The Kier molecular flexibility index (Phi) is 4.50. The van der Waals surface area contributed by atoms with Crippen LogP contribution < -0.4 is 0 Å². The van der Waals surface area contributed by atoms with Crippen LogP contribution in [0.25, 0.3) is 10.8 Å². The van der Waals surface area contributed by atoms with E-state index in [1.807, 2.05) is 16.4 Å². The fraction of sp³-hybridized carbons (Fsp3) is 0.312. The Balaban J connectivity index is 1.68. The molecule has 1 aromatic heterocycles. The van der Waals surface area contributed by atoms with E-state index in [-0.39, 0.29) is 0 Å². The molecular formula is C16H18N4S. The number of hydrogen-bond acceptors (Lipinski definition) is 4. The molecule has 0 radical (unpaired) electrons. The van der Waals surface area contributed by atoms with E-state index in [2.05, 4.69) is 64.9 Å². The van der Waals surface area contributed by atoms with Gasteiger partial charge in [-0.25, -0.2) is 4.68 Å². The van der Waals surface area contributed by atoms with E-state index in [1.54, 1.807) is 0 Å². The summed E-state index contributed by atoms with van der Waals surface area (Å²) >= 11 is 1.86. The average molecular weight is 298 g/mol. The SMILES string of the molecule is CCCn1nnnc1CSCc1cccc2ccccc12. The molecule has 3 aromatic rings. The number of nitrogens with zero attached hydrogens (tertiary/aromatic N) is 4. The Labute approximate surface area is 128 Å². The number of hydrogen-bond donors (Lipinski definition) is 0. The molecule has 0 amide bonds. The molecule has 3 rings (SSSR count). The van der Waals surface area contributed by atoms with Crippen LogP contribution >= 0.6 is 11.8 Å². The first-order chi connectivity index (χ1) is 10.4. The van der Waals surface area contributed by atoms with E-state index in [0.29, 0.717) is 0 Å². The largest absolute Gasteiger partial charge is 0.229 e. The Morgan fingerprint density at radius 3 is 2.81 bits per heavy atom. The third kappa shape index (κ3) is 3.24. The number of fused-ring (bicyclic) bond motifs is 1. The van der Waals surface area contributed by atoms with Crippen LogP contribution in [0.4, 0.5) is 0 Å². The molecule has 108 valence electrons. The first-order valence-corrected chi connectivity index (χ1v) is 8.33. The van der Waals surface area contributed by atoms with E-state index in [9.17, 15) is 0 Å².